The van der Waals surface area contributed by atoms with Gasteiger partial charge in [-0.05, 0) is 42.3 Å². The van der Waals surface area contributed by atoms with Gasteiger partial charge in [0.1, 0.15) is 5.69 Å². The van der Waals surface area contributed by atoms with Gasteiger partial charge in [0.05, 0.1) is 5.52 Å². The number of hydrogen-bond donors (Lipinski definition) is 1. The topological polar surface area (TPSA) is 37.3 Å². The zero-order valence-electron chi connectivity index (χ0n) is 14.6. The van der Waals surface area contributed by atoms with E-state index in [0.29, 0.717) is 11.6 Å². The Hall–Kier alpha value is -2.46. The first-order chi connectivity index (χ1) is 12.0. The molecule has 128 valence electrons. The van der Waals surface area contributed by atoms with Crippen molar-refractivity contribution in [2.24, 2.45) is 0 Å². The SMILES string of the molecule is Cc1c2n(c3c(-c4ccc(N(C)C)cc4)cc(Cl)cc13)CCNC2=O. The lowest BCUT2D eigenvalue weighted by atomic mass is 10.0. The summed E-state index contributed by atoms with van der Waals surface area (Å²) in [7, 11) is 4.05. The minimum absolute atomic E-state index is 0.00928. The zero-order valence-corrected chi connectivity index (χ0v) is 15.3. The lowest BCUT2D eigenvalue weighted by molar-refractivity contribution is 0.0928. The fourth-order valence-electron chi connectivity index (χ4n) is 3.66. The molecule has 1 aliphatic rings. The third-order valence-corrected chi connectivity index (χ3v) is 5.12. The van der Waals surface area contributed by atoms with Crippen LogP contribution in [0, 0.1) is 6.92 Å². The predicted octanol–water partition coefficient (Wildman–Crippen LogP) is 4.08. The minimum atomic E-state index is -0.00928. The summed E-state index contributed by atoms with van der Waals surface area (Å²) >= 11 is 6.41. The van der Waals surface area contributed by atoms with E-state index < -0.39 is 0 Å². The lowest BCUT2D eigenvalue weighted by Gasteiger charge is -2.19. The van der Waals surface area contributed by atoms with E-state index in [0.717, 1.165) is 45.5 Å². The van der Waals surface area contributed by atoms with Crippen LogP contribution in [0.2, 0.25) is 5.02 Å². The molecule has 5 heteroatoms. The molecule has 3 aromatic rings. The number of anilines is 1. The largest absolute Gasteiger partial charge is 0.378 e. The summed E-state index contributed by atoms with van der Waals surface area (Å²) in [6.45, 7) is 3.42. The van der Waals surface area contributed by atoms with Gasteiger partial charge in [0.15, 0.2) is 0 Å². The van der Waals surface area contributed by atoms with Gasteiger partial charge >= 0.3 is 0 Å². The van der Waals surface area contributed by atoms with Crippen molar-refractivity contribution in [2.45, 2.75) is 13.5 Å². The number of aryl methyl sites for hydroxylation is 1. The number of carbonyl (C=O) groups is 1. The van der Waals surface area contributed by atoms with Crippen molar-refractivity contribution >= 4 is 34.1 Å². The monoisotopic (exact) mass is 353 g/mol. The van der Waals surface area contributed by atoms with E-state index in [9.17, 15) is 4.79 Å². The zero-order chi connectivity index (χ0) is 17.7. The number of amides is 1. The second kappa shape index (κ2) is 5.81. The normalized spacial score (nSPS) is 13.7. The molecule has 0 unspecified atom stereocenters. The van der Waals surface area contributed by atoms with Crippen LogP contribution in [0.5, 0.6) is 0 Å². The standard InChI is InChI=1S/C20H20ClN3O/c1-12-16-10-14(21)11-17(13-4-6-15(7-5-13)23(2)3)19(16)24-9-8-22-20(25)18(12)24/h4-7,10-11H,8-9H2,1-3H3,(H,22,25). The lowest BCUT2D eigenvalue weighted by Crippen LogP contribution is -2.35. The number of aromatic nitrogens is 1. The summed E-state index contributed by atoms with van der Waals surface area (Å²) < 4.78 is 2.13. The van der Waals surface area contributed by atoms with Crippen molar-refractivity contribution in [3.05, 3.63) is 52.7 Å². The maximum absolute atomic E-state index is 12.4. The first-order valence-electron chi connectivity index (χ1n) is 8.35. The van der Waals surface area contributed by atoms with Crippen LogP contribution in [0.4, 0.5) is 5.69 Å². The van der Waals surface area contributed by atoms with Crippen LogP contribution < -0.4 is 10.2 Å². The molecule has 25 heavy (non-hydrogen) atoms. The van der Waals surface area contributed by atoms with Gasteiger partial charge in [-0.2, -0.15) is 0 Å². The van der Waals surface area contributed by atoms with Gasteiger partial charge in [-0.15, -0.1) is 0 Å². The van der Waals surface area contributed by atoms with E-state index in [1.807, 2.05) is 33.2 Å². The molecule has 0 bridgehead atoms. The van der Waals surface area contributed by atoms with Crippen molar-refractivity contribution in [1.29, 1.82) is 0 Å². The molecule has 0 aliphatic carbocycles. The Balaban J connectivity index is 2.01. The molecule has 4 nitrogen and oxygen atoms in total. The van der Waals surface area contributed by atoms with Gasteiger partial charge in [-0.1, -0.05) is 23.7 Å². The Labute approximate surface area is 152 Å². The second-order valence-corrected chi connectivity index (χ2v) is 7.11. The Morgan fingerprint density at radius 3 is 2.56 bits per heavy atom. The Kier molecular flexibility index (Phi) is 3.73. The number of hydrogen-bond acceptors (Lipinski definition) is 2. The third-order valence-electron chi connectivity index (χ3n) is 4.90. The number of nitrogens with one attached hydrogen (secondary N) is 1. The van der Waals surface area contributed by atoms with E-state index in [4.69, 9.17) is 11.6 Å². The molecular formula is C20H20ClN3O. The minimum Gasteiger partial charge on any atom is -0.378 e. The van der Waals surface area contributed by atoms with Crippen molar-refractivity contribution in [3.63, 3.8) is 0 Å². The number of carbonyl (C=O) groups excluding carboxylic acids is 1. The number of rotatable bonds is 2. The molecule has 4 rings (SSSR count). The van der Waals surface area contributed by atoms with Gasteiger partial charge in [-0.25, -0.2) is 0 Å². The molecule has 0 fully saturated rings. The predicted molar refractivity (Wildman–Crippen MR) is 104 cm³/mol. The molecule has 0 saturated carbocycles. The quantitative estimate of drug-likeness (QED) is 0.753. The van der Waals surface area contributed by atoms with E-state index in [-0.39, 0.29) is 5.91 Å². The van der Waals surface area contributed by atoms with Crippen molar-refractivity contribution < 1.29 is 4.79 Å². The molecule has 0 saturated heterocycles. The molecule has 1 aromatic heterocycles. The van der Waals surface area contributed by atoms with Crippen molar-refractivity contribution in [2.75, 3.05) is 25.5 Å². The molecule has 0 radical (unpaired) electrons. The van der Waals surface area contributed by atoms with Crippen LogP contribution in [-0.4, -0.2) is 31.1 Å². The highest BCUT2D eigenvalue weighted by atomic mass is 35.5. The van der Waals surface area contributed by atoms with Gasteiger partial charge in [0.25, 0.3) is 5.91 Å². The van der Waals surface area contributed by atoms with Gasteiger partial charge in [0, 0.05) is 48.8 Å². The average molecular weight is 354 g/mol. The summed E-state index contributed by atoms with van der Waals surface area (Å²) in [5.74, 6) is -0.00928. The molecule has 1 amide bonds. The van der Waals surface area contributed by atoms with Gasteiger partial charge in [-0.3, -0.25) is 4.79 Å². The summed E-state index contributed by atoms with van der Waals surface area (Å²) in [6, 6.07) is 12.4. The summed E-state index contributed by atoms with van der Waals surface area (Å²) in [5, 5.41) is 4.67. The molecule has 1 N–H and O–H groups in total. The number of benzene rings is 2. The highest BCUT2D eigenvalue weighted by molar-refractivity contribution is 6.32. The fourth-order valence-corrected chi connectivity index (χ4v) is 3.88. The Morgan fingerprint density at radius 2 is 1.88 bits per heavy atom. The molecule has 0 spiro atoms. The second-order valence-electron chi connectivity index (χ2n) is 6.67. The van der Waals surface area contributed by atoms with Gasteiger partial charge in [0.2, 0.25) is 0 Å². The average Bonchev–Trinajstić information content (AvgIpc) is 2.88. The van der Waals surface area contributed by atoms with Crippen LogP contribution in [0.3, 0.4) is 0 Å². The molecule has 0 atom stereocenters. The highest BCUT2D eigenvalue weighted by Gasteiger charge is 2.25. The first-order valence-corrected chi connectivity index (χ1v) is 8.73. The Bertz CT molecular complexity index is 987. The van der Waals surface area contributed by atoms with E-state index in [1.165, 1.54) is 0 Å². The smallest absolute Gasteiger partial charge is 0.268 e. The number of fused-ring (bicyclic) bond motifs is 3. The van der Waals surface area contributed by atoms with Crippen LogP contribution in [-0.2, 0) is 6.54 Å². The maximum atomic E-state index is 12.4. The maximum Gasteiger partial charge on any atom is 0.268 e. The number of halogens is 1. The molecule has 2 aromatic carbocycles. The molecule has 1 aliphatic heterocycles. The van der Waals surface area contributed by atoms with Crippen LogP contribution in [0.25, 0.3) is 22.0 Å². The fraction of sp³-hybridized carbons (Fsp3) is 0.250. The van der Waals surface area contributed by atoms with E-state index in [1.54, 1.807) is 0 Å². The van der Waals surface area contributed by atoms with Crippen molar-refractivity contribution in [1.82, 2.24) is 9.88 Å². The van der Waals surface area contributed by atoms with Crippen LogP contribution >= 0.6 is 11.6 Å². The van der Waals surface area contributed by atoms with Crippen LogP contribution in [0.15, 0.2) is 36.4 Å². The van der Waals surface area contributed by atoms with E-state index in [2.05, 4.69) is 39.0 Å². The third kappa shape index (κ3) is 2.48. The summed E-state index contributed by atoms with van der Waals surface area (Å²) in [6.07, 6.45) is 0. The van der Waals surface area contributed by atoms with Crippen molar-refractivity contribution in [3.8, 4) is 11.1 Å². The summed E-state index contributed by atoms with van der Waals surface area (Å²) in [5.41, 5.74) is 6.14. The van der Waals surface area contributed by atoms with Gasteiger partial charge < -0.3 is 14.8 Å². The Morgan fingerprint density at radius 1 is 1.16 bits per heavy atom. The summed E-state index contributed by atoms with van der Waals surface area (Å²) in [4.78, 5) is 14.4. The molecular weight excluding hydrogens is 334 g/mol. The van der Waals surface area contributed by atoms with E-state index >= 15 is 0 Å². The molecule has 2 heterocycles. The first kappa shape index (κ1) is 16.0. The number of nitrogens with zero attached hydrogens (tertiary/aromatic N) is 2. The van der Waals surface area contributed by atoms with Crippen LogP contribution in [0.1, 0.15) is 16.1 Å². The highest BCUT2D eigenvalue weighted by Crippen LogP contribution is 2.37.